The van der Waals surface area contributed by atoms with Gasteiger partial charge < -0.3 is 15.1 Å². The summed E-state index contributed by atoms with van der Waals surface area (Å²) in [6, 6.07) is 9.91. The summed E-state index contributed by atoms with van der Waals surface area (Å²) in [4.78, 5) is 30.2. The minimum atomic E-state index is -0.544. The van der Waals surface area contributed by atoms with E-state index in [-0.39, 0.29) is 17.5 Å². The number of piperazine rings is 1. The van der Waals surface area contributed by atoms with E-state index in [1.54, 1.807) is 12.4 Å². The number of aromatic nitrogens is 5. The van der Waals surface area contributed by atoms with E-state index in [4.69, 9.17) is 11.6 Å². The summed E-state index contributed by atoms with van der Waals surface area (Å²) in [5.74, 6) is 0.883. The Morgan fingerprint density at radius 1 is 1.06 bits per heavy atom. The van der Waals surface area contributed by atoms with E-state index in [0.29, 0.717) is 11.3 Å². The first-order valence-electron chi connectivity index (χ1n) is 10.4. The SMILES string of the molecule is O=C(Cn1ncc2c(N3CCN(c4ccccn4)CC3)ncnc21)Nc1ccc(F)c(Cl)c1. The van der Waals surface area contributed by atoms with Gasteiger partial charge in [0.15, 0.2) is 5.65 Å². The van der Waals surface area contributed by atoms with Crippen LogP contribution in [-0.4, -0.2) is 56.8 Å². The quantitative estimate of drug-likeness (QED) is 0.483. The monoisotopic (exact) mass is 466 g/mol. The van der Waals surface area contributed by atoms with Crippen LogP contribution in [-0.2, 0) is 11.3 Å². The number of halogens is 2. The fourth-order valence-electron chi connectivity index (χ4n) is 3.85. The van der Waals surface area contributed by atoms with Gasteiger partial charge in [-0.2, -0.15) is 5.10 Å². The fraction of sp³-hybridized carbons (Fsp3) is 0.227. The summed E-state index contributed by atoms with van der Waals surface area (Å²) in [6.07, 6.45) is 4.96. The standard InChI is InChI=1S/C22H20ClFN8O/c23-17-11-15(4-5-18(17)24)29-20(33)13-32-22-16(12-28-32)21(26-14-27-22)31-9-7-30(8-10-31)19-3-1-2-6-25-19/h1-6,11-12,14H,7-10,13H2,(H,29,33). The molecule has 168 valence electrons. The molecule has 4 heterocycles. The zero-order valence-corrected chi connectivity index (χ0v) is 18.3. The predicted octanol–water partition coefficient (Wildman–Crippen LogP) is 2.98. The van der Waals surface area contributed by atoms with E-state index >= 15 is 0 Å². The highest BCUT2D eigenvalue weighted by Crippen LogP contribution is 2.25. The number of amides is 1. The van der Waals surface area contributed by atoms with Crippen molar-refractivity contribution >= 4 is 45.9 Å². The van der Waals surface area contributed by atoms with Gasteiger partial charge in [-0.1, -0.05) is 17.7 Å². The molecule has 0 aliphatic carbocycles. The third-order valence-electron chi connectivity index (χ3n) is 5.46. The summed E-state index contributed by atoms with van der Waals surface area (Å²) < 4.78 is 14.9. The van der Waals surface area contributed by atoms with Gasteiger partial charge in [-0.3, -0.25) is 4.79 Å². The van der Waals surface area contributed by atoms with Crippen LogP contribution in [0.5, 0.6) is 0 Å². The maximum atomic E-state index is 13.3. The number of pyridine rings is 1. The summed E-state index contributed by atoms with van der Waals surface area (Å²) in [5.41, 5.74) is 0.975. The molecule has 0 unspecified atom stereocenters. The second kappa shape index (κ2) is 8.99. The molecule has 9 nitrogen and oxygen atoms in total. The smallest absolute Gasteiger partial charge is 0.246 e. The first kappa shape index (κ1) is 21.1. The van der Waals surface area contributed by atoms with Crippen LogP contribution in [0.2, 0.25) is 5.02 Å². The molecule has 0 bridgehead atoms. The van der Waals surface area contributed by atoms with Crippen LogP contribution in [0.25, 0.3) is 11.0 Å². The molecule has 3 aromatic heterocycles. The normalized spacial score (nSPS) is 14.0. The van der Waals surface area contributed by atoms with Gasteiger partial charge in [0.05, 0.1) is 16.6 Å². The third-order valence-corrected chi connectivity index (χ3v) is 5.75. The van der Waals surface area contributed by atoms with Crippen molar-refractivity contribution in [3.05, 3.63) is 66.0 Å². The van der Waals surface area contributed by atoms with Crippen molar-refractivity contribution in [2.45, 2.75) is 6.54 Å². The number of carbonyl (C=O) groups excluding carboxylic acids is 1. The lowest BCUT2D eigenvalue weighted by Crippen LogP contribution is -2.47. The molecule has 1 aromatic carbocycles. The summed E-state index contributed by atoms with van der Waals surface area (Å²) >= 11 is 5.78. The van der Waals surface area contributed by atoms with Crippen molar-refractivity contribution in [1.82, 2.24) is 24.7 Å². The minimum Gasteiger partial charge on any atom is -0.353 e. The van der Waals surface area contributed by atoms with Gasteiger partial charge in [0, 0.05) is 38.1 Å². The number of nitrogens with one attached hydrogen (secondary N) is 1. The molecule has 33 heavy (non-hydrogen) atoms. The molecular weight excluding hydrogens is 447 g/mol. The van der Waals surface area contributed by atoms with Gasteiger partial charge in [0.25, 0.3) is 0 Å². The van der Waals surface area contributed by atoms with Crippen LogP contribution in [0.15, 0.2) is 55.1 Å². The number of anilines is 3. The van der Waals surface area contributed by atoms with Gasteiger partial charge in [-0.05, 0) is 30.3 Å². The van der Waals surface area contributed by atoms with E-state index in [9.17, 15) is 9.18 Å². The Kier molecular flexibility index (Phi) is 5.74. The van der Waals surface area contributed by atoms with Crippen LogP contribution < -0.4 is 15.1 Å². The molecule has 5 rings (SSSR count). The average molecular weight is 467 g/mol. The van der Waals surface area contributed by atoms with Crippen molar-refractivity contribution in [2.75, 3.05) is 41.3 Å². The topological polar surface area (TPSA) is 92.1 Å². The first-order chi connectivity index (χ1) is 16.1. The number of hydrogen-bond donors (Lipinski definition) is 1. The zero-order chi connectivity index (χ0) is 22.8. The lowest BCUT2D eigenvalue weighted by Gasteiger charge is -2.36. The second-order valence-corrected chi connectivity index (χ2v) is 7.98. The summed E-state index contributed by atoms with van der Waals surface area (Å²) in [6.45, 7) is 3.14. The van der Waals surface area contributed by atoms with Crippen LogP contribution in [0.1, 0.15) is 0 Å². The highest BCUT2D eigenvalue weighted by atomic mass is 35.5. The number of nitrogens with zero attached hydrogens (tertiary/aromatic N) is 7. The van der Waals surface area contributed by atoms with E-state index in [1.165, 1.54) is 29.2 Å². The van der Waals surface area contributed by atoms with E-state index in [0.717, 1.165) is 43.2 Å². The summed E-state index contributed by atoms with van der Waals surface area (Å²) in [5, 5.41) is 7.76. The number of fused-ring (bicyclic) bond motifs is 1. The molecule has 1 amide bonds. The first-order valence-corrected chi connectivity index (χ1v) is 10.8. The predicted molar refractivity (Wildman–Crippen MR) is 124 cm³/mol. The lowest BCUT2D eigenvalue weighted by atomic mass is 10.2. The minimum absolute atomic E-state index is 0.0532. The Bertz CT molecular complexity index is 1290. The van der Waals surface area contributed by atoms with Gasteiger partial charge in [0.2, 0.25) is 5.91 Å². The van der Waals surface area contributed by atoms with Crippen LogP contribution in [0.3, 0.4) is 0 Å². The Labute approximate surface area is 193 Å². The van der Waals surface area contributed by atoms with E-state index in [2.05, 4.69) is 35.2 Å². The summed E-state index contributed by atoms with van der Waals surface area (Å²) in [7, 11) is 0. The van der Waals surface area contributed by atoms with E-state index < -0.39 is 5.82 Å². The molecule has 0 radical (unpaired) electrons. The number of rotatable bonds is 5. The van der Waals surface area contributed by atoms with Gasteiger partial charge in [-0.15, -0.1) is 0 Å². The highest BCUT2D eigenvalue weighted by Gasteiger charge is 2.22. The van der Waals surface area contributed by atoms with Crippen molar-refractivity contribution < 1.29 is 9.18 Å². The van der Waals surface area contributed by atoms with Crippen molar-refractivity contribution in [3.63, 3.8) is 0 Å². The molecule has 1 fully saturated rings. The van der Waals surface area contributed by atoms with E-state index in [1.807, 2.05) is 18.2 Å². The Morgan fingerprint density at radius 3 is 2.64 bits per heavy atom. The zero-order valence-electron chi connectivity index (χ0n) is 17.5. The molecule has 1 N–H and O–H groups in total. The molecule has 1 aliphatic rings. The maximum absolute atomic E-state index is 13.3. The van der Waals surface area contributed by atoms with Gasteiger partial charge in [-0.25, -0.2) is 24.0 Å². The molecule has 0 atom stereocenters. The molecule has 1 aliphatic heterocycles. The molecule has 1 saturated heterocycles. The van der Waals surface area contributed by atoms with Gasteiger partial charge >= 0.3 is 0 Å². The number of carbonyl (C=O) groups is 1. The van der Waals surface area contributed by atoms with Crippen molar-refractivity contribution in [3.8, 4) is 0 Å². The maximum Gasteiger partial charge on any atom is 0.246 e. The Balaban J connectivity index is 1.29. The second-order valence-electron chi connectivity index (χ2n) is 7.58. The molecule has 0 saturated carbocycles. The Morgan fingerprint density at radius 2 is 1.88 bits per heavy atom. The molecule has 11 heteroatoms. The van der Waals surface area contributed by atoms with Crippen molar-refractivity contribution in [2.24, 2.45) is 0 Å². The number of hydrogen-bond acceptors (Lipinski definition) is 7. The van der Waals surface area contributed by atoms with Gasteiger partial charge in [0.1, 0.15) is 30.3 Å². The highest BCUT2D eigenvalue weighted by molar-refractivity contribution is 6.31. The molecular formula is C22H20ClFN8O. The number of benzene rings is 1. The largest absolute Gasteiger partial charge is 0.353 e. The average Bonchev–Trinajstić information content (AvgIpc) is 3.25. The third kappa shape index (κ3) is 4.42. The van der Waals surface area contributed by atoms with Crippen LogP contribution in [0.4, 0.5) is 21.7 Å². The van der Waals surface area contributed by atoms with Crippen LogP contribution in [0, 0.1) is 5.82 Å². The molecule has 0 spiro atoms. The lowest BCUT2D eigenvalue weighted by molar-refractivity contribution is -0.116. The Hall–Kier alpha value is -3.79. The van der Waals surface area contributed by atoms with Crippen LogP contribution >= 0.6 is 11.6 Å². The molecule has 4 aromatic rings. The van der Waals surface area contributed by atoms with Crippen molar-refractivity contribution in [1.29, 1.82) is 0 Å². The fourth-order valence-corrected chi connectivity index (χ4v) is 4.03.